The molecule has 0 radical (unpaired) electrons. The van der Waals surface area contributed by atoms with Crippen LogP contribution in [-0.4, -0.2) is 62.0 Å². The van der Waals surface area contributed by atoms with E-state index < -0.39 is 24.0 Å². The first-order valence-corrected chi connectivity index (χ1v) is 17.1. The average molecular weight is 741 g/mol. The maximum atomic E-state index is 14.4. The highest BCUT2D eigenvalue weighted by atomic mass is 35.5. The number of carbonyl (C=O) groups excluding carboxylic acids is 2. The van der Waals surface area contributed by atoms with E-state index in [1.807, 2.05) is 0 Å². The van der Waals surface area contributed by atoms with Gasteiger partial charge in [0.15, 0.2) is 23.9 Å². The number of hydrogen-bond acceptors (Lipinski definition) is 9. The first-order chi connectivity index (χ1) is 24.5. The molecule has 1 amide bonds. The fourth-order valence-corrected chi connectivity index (χ4v) is 7.13. The molecular weight excluding hydrogens is 704 g/mol. The number of fused-ring (bicyclic) bond motifs is 3. The van der Waals surface area contributed by atoms with Crippen molar-refractivity contribution in [1.82, 2.24) is 4.90 Å². The second-order valence-corrected chi connectivity index (χ2v) is 13.3. The minimum atomic E-state index is -0.910. The second-order valence-electron chi connectivity index (χ2n) is 12.5. The molecule has 3 aliphatic heterocycles. The van der Waals surface area contributed by atoms with Gasteiger partial charge in [0.1, 0.15) is 33.8 Å². The third kappa shape index (κ3) is 8.41. The van der Waals surface area contributed by atoms with E-state index in [4.69, 9.17) is 42.1 Å². The van der Waals surface area contributed by atoms with Gasteiger partial charge in [-0.05, 0) is 73.3 Å². The van der Waals surface area contributed by atoms with E-state index in [2.05, 4.69) is 4.90 Å². The molecule has 1 aromatic heterocycles. The summed E-state index contributed by atoms with van der Waals surface area (Å²) >= 11 is 12.8. The monoisotopic (exact) mass is 739 g/mol. The van der Waals surface area contributed by atoms with E-state index in [0.717, 1.165) is 50.5 Å². The number of carbonyl (C=O) groups is 2. The Morgan fingerprint density at radius 3 is 2.29 bits per heavy atom. The normalized spacial score (nSPS) is 18.5. The van der Waals surface area contributed by atoms with Crippen molar-refractivity contribution in [1.29, 1.82) is 0 Å². The first kappa shape index (κ1) is 36.0. The molecule has 268 valence electrons. The van der Waals surface area contributed by atoms with Crippen molar-refractivity contribution in [3.8, 4) is 17.2 Å². The lowest BCUT2D eigenvalue weighted by Crippen LogP contribution is -2.53. The molecular formula is C37H36Cl2FN3O8. The quantitative estimate of drug-likeness (QED) is 0.0997. The lowest BCUT2D eigenvalue weighted by Gasteiger charge is -2.44. The number of nitrogens with zero attached hydrogens (tertiary/aromatic N) is 3. The van der Waals surface area contributed by atoms with E-state index in [-0.39, 0.29) is 52.0 Å². The number of pyridine rings is 1. The van der Waals surface area contributed by atoms with Crippen LogP contribution in [0.25, 0.3) is 0 Å². The number of aromatic hydroxyl groups is 1. The van der Waals surface area contributed by atoms with Crippen molar-refractivity contribution in [3.63, 3.8) is 0 Å². The molecule has 4 heterocycles. The number of amides is 1. The summed E-state index contributed by atoms with van der Waals surface area (Å²) in [6.07, 6.45) is 2.38. The lowest BCUT2D eigenvalue weighted by molar-refractivity contribution is -0.605. The number of halogens is 3. The Hall–Kier alpha value is -4.78. The molecule has 1 unspecified atom stereocenters. The standard InChI is InChI=1S/C37H36Cl2FN3O8/c1-48-32-8-7-25(13-34(32)49-2)33(17-29-30(38)19-42(47)20-31(29)39)50-36(45)24-5-3-22(4-6-24)18-43(27-14-26(40)15-28(44)16-27)37(46)51-35-21-41-11-9-23(35)10-12-41/h3-8,13-16,19-20,23,33,35,44H,9-12,17-18,21H2,1-2H3/t33?,35-/m0/s1. The number of hydrogen-bond donors (Lipinski definition) is 1. The smallest absolute Gasteiger partial charge is 0.414 e. The molecule has 2 bridgehead atoms. The van der Waals surface area contributed by atoms with Crippen LogP contribution in [0.15, 0.2) is 73.1 Å². The van der Waals surface area contributed by atoms with Gasteiger partial charge in [0.25, 0.3) is 0 Å². The van der Waals surface area contributed by atoms with Gasteiger partial charge in [0, 0.05) is 30.7 Å². The highest BCUT2D eigenvalue weighted by Crippen LogP contribution is 2.36. The molecule has 3 saturated heterocycles. The average Bonchev–Trinajstić information content (AvgIpc) is 3.11. The highest BCUT2D eigenvalue weighted by Gasteiger charge is 2.37. The van der Waals surface area contributed by atoms with Crippen LogP contribution < -0.4 is 19.1 Å². The molecule has 0 aliphatic carbocycles. The second kappa shape index (κ2) is 15.6. The fraction of sp³-hybridized carbons (Fsp3) is 0.324. The summed E-state index contributed by atoms with van der Waals surface area (Å²) in [4.78, 5) is 30.7. The molecule has 4 aromatic rings. The number of phenolic OH excluding ortho intramolecular Hbond substituents is 1. The van der Waals surface area contributed by atoms with Crippen LogP contribution in [0.5, 0.6) is 17.2 Å². The van der Waals surface area contributed by atoms with E-state index >= 15 is 0 Å². The van der Waals surface area contributed by atoms with Crippen molar-refractivity contribution in [3.05, 3.63) is 116 Å². The zero-order chi connectivity index (χ0) is 36.2. The maximum Gasteiger partial charge on any atom is 0.414 e. The van der Waals surface area contributed by atoms with Gasteiger partial charge in [0.2, 0.25) is 0 Å². The van der Waals surface area contributed by atoms with Gasteiger partial charge in [0.05, 0.1) is 32.0 Å². The molecule has 2 atom stereocenters. The van der Waals surface area contributed by atoms with Crippen LogP contribution in [0, 0.1) is 16.9 Å². The van der Waals surface area contributed by atoms with E-state index in [1.165, 1.54) is 25.2 Å². The molecule has 14 heteroatoms. The Bertz CT molecular complexity index is 1860. The molecule has 3 aromatic carbocycles. The summed E-state index contributed by atoms with van der Waals surface area (Å²) in [7, 11) is 2.99. The summed E-state index contributed by atoms with van der Waals surface area (Å²) in [6.45, 7) is 2.55. The Morgan fingerprint density at radius 2 is 1.69 bits per heavy atom. The van der Waals surface area contributed by atoms with E-state index in [9.17, 15) is 24.3 Å². The number of piperidine rings is 3. The Balaban J connectivity index is 1.23. The van der Waals surface area contributed by atoms with Crippen LogP contribution in [-0.2, 0) is 22.4 Å². The van der Waals surface area contributed by atoms with Gasteiger partial charge in [-0.15, -0.1) is 0 Å². The van der Waals surface area contributed by atoms with Gasteiger partial charge < -0.3 is 29.3 Å². The number of esters is 1. The molecule has 3 fully saturated rings. The topological polar surface area (TPSA) is 125 Å². The Labute approximate surface area is 304 Å². The number of rotatable bonds is 11. The number of phenols is 1. The van der Waals surface area contributed by atoms with Gasteiger partial charge in [-0.25, -0.2) is 14.0 Å². The Morgan fingerprint density at radius 1 is 1.00 bits per heavy atom. The number of anilines is 1. The minimum Gasteiger partial charge on any atom is -0.619 e. The molecule has 0 saturated carbocycles. The van der Waals surface area contributed by atoms with Crippen LogP contribution in [0.1, 0.15) is 46.0 Å². The molecule has 7 rings (SSSR count). The number of ether oxygens (including phenoxy) is 4. The van der Waals surface area contributed by atoms with E-state index in [0.29, 0.717) is 39.5 Å². The van der Waals surface area contributed by atoms with Crippen molar-refractivity contribution >= 4 is 41.0 Å². The summed E-state index contributed by atoms with van der Waals surface area (Å²) in [5, 5.41) is 22.2. The van der Waals surface area contributed by atoms with Crippen molar-refractivity contribution in [2.75, 3.05) is 38.8 Å². The number of benzene rings is 3. The summed E-state index contributed by atoms with van der Waals surface area (Å²) in [5.41, 5.74) is 1.89. The van der Waals surface area contributed by atoms with Gasteiger partial charge in [-0.2, -0.15) is 4.73 Å². The lowest BCUT2D eigenvalue weighted by atomic mass is 9.86. The van der Waals surface area contributed by atoms with Crippen LogP contribution in [0.3, 0.4) is 0 Å². The Kier molecular flexibility index (Phi) is 11.0. The zero-order valence-electron chi connectivity index (χ0n) is 27.9. The van der Waals surface area contributed by atoms with Gasteiger partial charge >= 0.3 is 12.1 Å². The molecule has 51 heavy (non-hydrogen) atoms. The predicted molar refractivity (Wildman–Crippen MR) is 187 cm³/mol. The number of methoxy groups -OCH3 is 2. The minimum absolute atomic E-state index is 0.0306. The third-order valence-corrected chi connectivity index (χ3v) is 9.91. The zero-order valence-corrected chi connectivity index (χ0v) is 29.4. The van der Waals surface area contributed by atoms with Crippen LogP contribution in [0.4, 0.5) is 14.9 Å². The molecule has 0 spiro atoms. The molecule has 3 aliphatic rings. The molecule has 11 nitrogen and oxygen atoms in total. The highest BCUT2D eigenvalue weighted by molar-refractivity contribution is 6.35. The molecule has 1 N–H and O–H groups in total. The summed E-state index contributed by atoms with van der Waals surface area (Å²) in [5.74, 6) is -0.577. The SMILES string of the molecule is COc1ccc(C(Cc2c(Cl)c[n+]([O-])cc2Cl)OC(=O)c2ccc(CN(C(=O)O[C@H]3CN4CCC3CC4)c3cc(O)cc(F)c3)cc2)cc1OC. The summed E-state index contributed by atoms with van der Waals surface area (Å²) < 4.78 is 37.6. The van der Waals surface area contributed by atoms with Crippen molar-refractivity contribution < 1.29 is 42.8 Å². The van der Waals surface area contributed by atoms with Crippen molar-refractivity contribution in [2.24, 2.45) is 5.92 Å². The van der Waals surface area contributed by atoms with E-state index in [1.54, 1.807) is 42.5 Å². The van der Waals surface area contributed by atoms with Gasteiger partial charge in [-0.3, -0.25) is 9.80 Å². The summed E-state index contributed by atoms with van der Waals surface area (Å²) in [6, 6.07) is 14.9. The van der Waals surface area contributed by atoms with Crippen LogP contribution >= 0.6 is 23.2 Å². The largest absolute Gasteiger partial charge is 0.619 e. The van der Waals surface area contributed by atoms with Crippen LogP contribution in [0.2, 0.25) is 10.0 Å². The van der Waals surface area contributed by atoms with Crippen molar-refractivity contribution in [2.45, 2.75) is 38.0 Å². The maximum absolute atomic E-state index is 14.4. The first-order valence-electron chi connectivity index (χ1n) is 16.3. The number of aromatic nitrogens is 1. The fourth-order valence-electron chi connectivity index (χ4n) is 6.53. The predicted octanol–water partition coefficient (Wildman–Crippen LogP) is 6.87. The third-order valence-electron chi connectivity index (χ3n) is 9.25. The van der Waals surface area contributed by atoms with Gasteiger partial charge in [-0.1, -0.05) is 41.4 Å².